The number of aryl methyl sites for hydroxylation is 1. The minimum absolute atomic E-state index is 0.0290. The molecule has 3 heterocycles. The fraction of sp³-hybridized carbons (Fsp3) is 0.500. The van der Waals surface area contributed by atoms with Crippen LogP contribution in [-0.2, 0) is 4.74 Å². The number of fused-ring (bicyclic) bond motifs is 1. The molecule has 3 rings (SSSR count). The highest BCUT2D eigenvalue weighted by Gasteiger charge is 2.28. The van der Waals surface area contributed by atoms with Crippen LogP contribution in [0.2, 0.25) is 0 Å². The zero-order chi connectivity index (χ0) is 18.4. The van der Waals surface area contributed by atoms with E-state index in [1.165, 1.54) is 0 Å². The molecular formula is C20H27N3O2. The Morgan fingerprint density at radius 1 is 1.28 bits per heavy atom. The highest BCUT2D eigenvalue weighted by Crippen LogP contribution is 2.32. The van der Waals surface area contributed by atoms with Gasteiger partial charge in [0.1, 0.15) is 11.6 Å². The van der Waals surface area contributed by atoms with E-state index in [4.69, 9.17) is 9.72 Å². The number of anilines is 1. The summed E-state index contributed by atoms with van der Waals surface area (Å²) in [6, 6.07) is 1.96. The molecule has 0 spiro atoms. The third kappa shape index (κ3) is 3.15. The van der Waals surface area contributed by atoms with Gasteiger partial charge in [-0.2, -0.15) is 0 Å². The highest BCUT2D eigenvalue weighted by molar-refractivity contribution is 5.73. The van der Waals surface area contributed by atoms with Crippen molar-refractivity contribution in [1.29, 1.82) is 0 Å². The van der Waals surface area contributed by atoms with E-state index in [2.05, 4.69) is 25.3 Å². The molecule has 1 aliphatic heterocycles. The minimum Gasteiger partial charge on any atom is -0.497 e. The maximum atomic E-state index is 13.0. The third-order valence-electron chi connectivity index (χ3n) is 5.22. The summed E-state index contributed by atoms with van der Waals surface area (Å²) < 4.78 is 6.93. The number of rotatable bonds is 3. The van der Waals surface area contributed by atoms with E-state index in [9.17, 15) is 4.79 Å². The number of hydrogen-bond acceptors (Lipinski definition) is 4. The van der Waals surface area contributed by atoms with Gasteiger partial charge in [-0.15, -0.1) is 0 Å². The molecule has 1 fully saturated rings. The molecule has 0 saturated carbocycles. The van der Waals surface area contributed by atoms with Crippen molar-refractivity contribution >= 4 is 17.2 Å². The lowest BCUT2D eigenvalue weighted by molar-refractivity contribution is 0.279. The van der Waals surface area contributed by atoms with Gasteiger partial charge < -0.3 is 9.64 Å². The number of piperidine rings is 1. The standard InChI is InChI=1S/C20H27N3O2/c1-13-11-16(15(3)25-6)18-21-17(14(2)19(24)23(18)12-13)22-9-7-20(4,5)8-10-22/h11-12H,3,7-10H2,1-2,4-6H3. The molecule has 0 bridgehead atoms. The Morgan fingerprint density at radius 3 is 2.52 bits per heavy atom. The second kappa shape index (κ2) is 6.21. The second-order valence-corrected chi connectivity index (χ2v) is 7.77. The zero-order valence-electron chi connectivity index (χ0n) is 15.8. The Kier molecular flexibility index (Phi) is 4.35. The first-order valence-corrected chi connectivity index (χ1v) is 8.75. The van der Waals surface area contributed by atoms with Crippen LogP contribution < -0.4 is 10.5 Å². The predicted octanol–water partition coefficient (Wildman–Crippen LogP) is 3.55. The Morgan fingerprint density at radius 2 is 1.92 bits per heavy atom. The van der Waals surface area contributed by atoms with Gasteiger partial charge in [0.25, 0.3) is 5.56 Å². The van der Waals surface area contributed by atoms with Gasteiger partial charge in [0, 0.05) is 19.3 Å². The van der Waals surface area contributed by atoms with Gasteiger partial charge in [0.15, 0.2) is 5.65 Å². The summed E-state index contributed by atoms with van der Waals surface area (Å²) in [4.78, 5) is 20.1. The molecule has 25 heavy (non-hydrogen) atoms. The van der Waals surface area contributed by atoms with E-state index < -0.39 is 0 Å². The van der Waals surface area contributed by atoms with E-state index in [1.54, 1.807) is 11.5 Å². The van der Waals surface area contributed by atoms with Crippen LogP contribution >= 0.6 is 0 Å². The largest absolute Gasteiger partial charge is 0.497 e. The normalized spacial score (nSPS) is 16.9. The van der Waals surface area contributed by atoms with Gasteiger partial charge in [-0.3, -0.25) is 9.20 Å². The van der Waals surface area contributed by atoms with E-state index in [0.29, 0.717) is 22.4 Å². The van der Waals surface area contributed by atoms with Crippen LogP contribution in [0.15, 0.2) is 23.6 Å². The van der Waals surface area contributed by atoms with Crippen molar-refractivity contribution in [3.05, 3.63) is 45.9 Å². The Bertz CT molecular complexity index is 886. The molecular weight excluding hydrogens is 314 g/mol. The molecule has 1 saturated heterocycles. The molecule has 1 aliphatic rings. The quantitative estimate of drug-likeness (QED) is 0.801. The summed E-state index contributed by atoms with van der Waals surface area (Å²) in [5.41, 5.74) is 3.35. The first kappa shape index (κ1) is 17.5. The lowest BCUT2D eigenvalue weighted by atomic mass is 9.82. The van der Waals surface area contributed by atoms with Crippen molar-refractivity contribution < 1.29 is 4.74 Å². The van der Waals surface area contributed by atoms with Crippen molar-refractivity contribution in [1.82, 2.24) is 9.38 Å². The lowest BCUT2D eigenvalue weighted by Crippen LogP contribution is -2.39. The Labute approximate surface area is 148 Å². The van der Waals surface area contributed by atoms with Crippen LogP contribution in [0.5, 0.6) is 0 Å². The fourth-order valence-electron chi connectivity index (χ4n) is 3.40. The minimum atomic E-state index is -0.0290. The third-order valence-corrected chi connectivity index (χ3v) is 5.22. The predicted molar refractivity (Wildman–Crippen MR) is 102 cm³/mol. The summed E-state index contributed by atoms with van der Waals surface area (Å²) in [5, 5.41) is 0. The molecule has 0 aliphatic carbocycles. The number of aromatic nitrogens is 2. The summed E-state index contributed by atoms with van der Waals surface area (Å²) >= 11 is 0. The van der Waals surface area contributed by atoms with Gasteiger partial charge >= 0.3 is 0 Å². The first-order valence-electron chi connectivity index (χ1n) is 8.75. The van der Waals surface area contributed by atoms with Crippen LogP contribution in [0.3, 0.4) is 0 Å². The van der Waals surface area contributed by atoms with E-state index in [0.717, 1.165) is 42.9 Å². The smallest absolute Gasteiger partial charge is 0.262 e. The number of pyridine rings is 1. The maximum Gasteiger partial charge on any atom is 0.262 e. The summed E-state index contributed by atoms with van der Waals surface area (Å²) in [6.07, 6.45) is 4.02. The molecule has 0 unspecified atom stereocenters. The van der Waals surface area contributed by atoms with Crippen LogP contribution in [0, 0.1) is 19.3 Å². The first-order chi connectivity index (χ1) is 11.7. The van der Waals surface area contributed by atoms with Crippen molar-refractivity contribution in [2.75, 3.05) is 25.1 Å². The molecule has 0 amide bonds. The number of nitrogens with zero attached hydrogens (tertiary/aromatic N) is 3. The lowest BCUT2D eigenvalue weighted by Gasteiger charge is -2.38. The van der Waals surface area contributed by atoms with Gasteiger partial charge in [-0.1, -0.05) is 20.4 Å². The molecule has 2 aromatic heterocycles. The molecule has 0 radical (unpaired) electrons. The Balaban J connectivity index is 2.18. The van der Waals surface area contributed by atoms with Crippen molar-refractivity contribution in [3.63, 3.8) is 0 Å². The number of hydrogen-bond donors (Lipinski definition) is 0. The van der Waals surface area contributed by atoms with Crippen LogP contribution in [-0.4, -0.2) is 29.6 Å². The van der Waals surface area contributed by atoms with Gasteiger partial charge in [0.05, 0.1) is 18.2 Å². The molecule has 134 valence electrons. The van der Waals surface area contributed by atoms with E-state index in [-0.39, 0.29) is 5.56 Å². The number of ether oxygens (including phenoxy) is 1. The van der Waals surface area contributed by atoms with Gasteiger partial charge in [0.2, 0.25) is 0 Å². The average molecular weight is 341 g/mol. The SMILES string of the molecule is C=C(OC)c1cc(C)cn2c(=O)c(C)c(N3CCC(C)(C)CC3)nc12. The van der Waals surface area contributed by atoms with Gasteiger partial charge in [-0.05, 0) is 43.7 Å². The highest BCUT2D eigenvalue weighted by atomic mass is 16.5. The topological polar surface area (TPSA) is 46.8 Å². The summed E-state index contributed by atoms with van der Waals surface area (Å²) in [6.45, 7) is 14.2. The second-order valence-electron chi connectivity index (χ2n) is 7.77. The molecule has 0 aromatic carbocycles. The average Bonchev–Trinajstić information content (AvgIpc) is 2.57. The molecule has 5 nitrogen and oxygen atoms in total. The van der Waals surface area contributed by atoms with Crippen LogP contribution in [0.4, 0.5) is 5.82 Å². The van der Waals surface area contributed by atoms with Crippen molar-refractivity contribution in [2.24, 2.45) is 5.41 Å². The monoisotopic (exact) mass is 341 g/mol. The van der Waals surface area contributed by atoms with Crippen LogP contribution in [0.25, 0.3) is 11.4 Å². The Hall–Kier alpha value is -2.30. The zero-order valence-corrected chi connectivity index (χ0v) is 15.8. The van der Waals surface area contributed by atoms with Gasteiger partial charge in [-0.25, -0.2) is 4.98 Å². The van der Waals surface area contributed by atoms with Crippen LogP contribution in [0.1, 0.15) is 43.4 Å². The summed E-state index contributed by atoms with van der Waals surface area (Å²) in [7, 11) is 1.58. The molecule has 0 atom stereocenters. The maximum absolute atomic E-state index is 13.0. The molecule has 5 heteroatoms. The van der Waals surface area contributed by atoms with E-state index in [1.807, 2.05) is 26.1 Å². The van der Waals surface area contributed by atoms with E-state index >= 15 is 0 Å². The summed E-state index contributed by atoms with van der Waals surface area (Å²) in [5.74, 6) is 1.30. The molecule has 2 aromatic rings. The molecule has 0 N–H and O–H groups in total. The van der Waals surface area contributed by atoms with Crippen molar-refractivity contribution in [3.8, 4) is 0 Å². The fourth-order valence-corrected chi connectivity index (χ4v) is 3.40. The number of methoxy groups -OCH3 is 1. The van der Waals surface area contributed by atoms with Crippen molar-refractivity contribution in [2.45, 2.75) is 40.5 Å².